The normalized spacial score (nSPS) is 9.27. The van der Waals surface area contributed by atoms with E-state index in [4.69, 9.17) is 0 Å². The second-order valence-electron chi connectivity index (χ2n) is 3.92. The average Bonchev–Trinajstić information content (AvgIpc) is 2.36. The molecule has 26 heavy (non-hydrogen) atoms. The summed E-state index contributed by atoms with van der Waals surface area (Å²) in [7, 11) is -4.91. The molecule has 13 nitrogen and oxygen atoms in total. The number of nitrogens with zero attached hydrogens (tertiary/aromatic N) is 2. The largest absolute Gasteiger partial charge is 1.00 e. The molecule has 0 saturated heterocycles. The molecule has 0 spiro atoms. The quantitative estimate of drug-likeness (QED) is 0.189. The molecule has 134 valence electrons. The van der Waals surface area contributed by atoms with Crippen LogP contribution in [0.4, 0.5) is 11.4 Å². The van der Waals surface area contributed by atoms with Crippen molar-refractivity contribution >= 4 is 32.3 Å². The summed E-state index contributed by atoms with van der Waals surface area (Å²) in [6.45, 7) is 0. The van der Waals surface area contributed by atoms with E-state index in [9.17, 15) is 38.3 Å². The molecule has 2 rings (SSSR count). The van der Waals surface area contributed by atoms with Gasteiger partial charge in [0.25, 0.3) is 11.4 Å². The molecule has 0 heterocycles. The number of rotatable bonds is 3. The summed E-state index contributed by atoms with van der Waals surface area (Å²) in [6.07, 6.45) is 0. The first kappa shape index (κ1) is 33.9. The Balaban J connectivity index is -0.000000484. The minimum atomic E-state index is -4.91. The minimum Gasteiger partial charge on any atom is -0.867 e. The van der Waals surface area contributed by atoms with Crippen LogP contribution in [0.1, 0.15) is 0 Å². The average molecular weight is 444 g/mol. The maximum atomic E-state index is 11.9. The molecule has 6 N–H and O–H groups in total. The van der Waals surface area contributed by atoms with Gasteiger partial charge < -0.3 is 26.1 Å². The van der Waals surface area contributed by atoms with Crippen LogP contribution in [0, 0.1) is 20.2 Å². The molecule has 0 atom stereocenters. The standard InChI is InChI=1S/C10H6N2O8S.2K.3H2O/c13-10-7-3-5(21(18,19)20)1-2-6(7)8(11(14)15)4-9(10)12(16)17;;;;;/h1-4,13H,(H,18,19,20);;;3*1H2/q;2*+1;;;/p-2. The van der Waals surface area contributed by atoms with E-state index in [-0.39, 0.29) is 125 Å². The second-order valence-corrected chi connectivity index (χ2v) is 5.30. The van der Waals surface area contributed by atoms with Crippen LogP contribution < -0.4 is 108 Å². The molecule has 0 radical (unpaired) electrons. The number of nitro groups is 2. The van der Waals surface area contributed by atoms with Gasteiger partial charge in [-0.15, -0.1) is 0 Å². The van der Waals surface area contributed by atoms with E-state index in [2.05, 4.69) is 0 Å². The maximum absolute atomic E-state index is 11.9. The van der Waals surface area contributed by atoms with Crippen molar-refractivity contribution in [3.63, 3.8) is 0 Å². The molecule has 0 aliphatic rings. The fourth-order valence-corrected chi connectivity index (χ4v) is 2.28. The van der Waals surface area contributed by atoms with Crippen LogP contribution in [0.15, 0.2) is 29.2 Å². The molecule has 0 saturated carbocycles. The van der Waals surface area contributed by atoms with Crippen LogP contribution in [0.25, 0.3) is 10.8 Å². The molecule has 0 aliphatic carbocycles. The van der Waals surface area contributed by atoms with Crippen LogP contribution >= 0.6 is 0 Å². The molecule has 16 heteroatoms. The first-order valence-electron chi connectivity index (χ1n) is 5.15. The van der Waals surface area contributed by atoms with E-state index in [1.165, 1.54) is 0 Å². The molecule has 0 fully saturated rings. The van der Waals surface area contributed by atoms with Crippen molar-refractivity contribution in [1.82, 2.24) is 0 Å². The van der Waals surface area contributed by atoms with Crippen LogP contribution in [0.2, 0.25) is 0 Å². The third kappa shape index (κ3) is 7.07. The molecular weight excluding hydrogens is 434 g/mol. The van der Waals surface area contributed by atoms with Crippen molar-refractivity contribution in [2.24, 2.45) is 0 Å². The zero-order valence-corrected chi connectivity index (χ0v) is 20.4. The van der Waals surface area contributed by atoms with Gasteiger partial charge in [-0.05, 0) is 29.3 Å². The Kier molecular flexibility index (Phi) is 16.6. The van der Waals surface area contributed by atoms with Crippen molar-refractivity contribution < 1.29 is 147 Å². The first-order valence-corrected chi connectivity index (χ1v) is 6.56. The summed E-state index contributed by atoms with van der Waals surface area (Å²) < 4.78 is 32.7. The van der Waals surface area contributed by atoms with Gasteiger partial charge in [-0.25, -0.2) is 8.42 Å². The predicted octanol–water partition coefficient (Wildman–Crippen LogP) is -7.83. The number of fused-ring (bicyclic) bond motifs is 1. The van der Waals surface area contributed by atoms with Crippen molar-refractivity contribution in [3.05, 3.63) is 44.5 Å². The summed E-state index contributed by atoms with van der Waals surface area (Å²) in [5, 5.41) is 32.6. The number of hydrogen-bond donors (Lipinski definition) is 0. The summed E-state index contributed by atoms with van der Waals surface area (Å²) in [4.78, 5) is 18.7. The first-order chi connectivity index (χ1) is 9.62. The molecular formula is C10H10K2N2O11S. The third-order valence-electron chi connectivity index (χ3n) is 2.70. The number of hydrogen-bond acceptors (Lipinski definition) is 8. The molecule has 2 aromatic carbocycles. The zero-order chi connectivity index (χ0) is 15.9. The SMILES string of the molecule is O.O.O.O=[N+]([O-])c1cc([N+](=O)[O-])c2ccc(S(=O)(=O)[O-])cc2c1[O-].[K+].[K+]. The van der Waals surface area contributed by atoms with Crippen molar-refractivity contribution in [1.29, 1.82) is 0 Å². The van der Waals surface area contributed by atoms with Crippen LogP contribution in [0.3, 0.4) is 0 Å². The Hall–Kier alpha value is 0.363. The molecule has 2 aromatic rings. The number of non-ortho nitro benzene ring substituents is 1. The van der Waals surface area contributed by atoms with Gasteiger partial charge in [-0.2, -0.15) is 0 Å². The van der Waals surface area contributed by atoms with E-state index in [1.54, 1.807) is 0 Å². The van der Waals surface area contributed by atoms with Gasteiger partial charge in [0.15, 0.2) is 0 Å². The van der Waals surface area contributed by atoms with Crippen molar-refractivity contribution in [3.8, 4) is 5.75 Å². The Morgan fingerprint density at radius 3 is 1.65 bits per heavy atom. The zero-order valence-electron chi connectivity index (χ0n) is 13.4. The fraction of sp³-hybridized carbons (Fsp3) is 0. The molecule has 0 aromatic heterocycles. The molecule has 0 aliphatic heterocycles. The van der Waals surface area contributed by atoms with E-state index in [0.29, 0.717) is 12.1 Å². The van der Waals surface area contributed by atoms with Gasteiger partial charge in [0.05, 0.1) is 26.2 Å². The molecule has 0 unspecified atom stereocenters. The van der Waals surface area contributed by atoms with E-state index < -0.39 is 47.4 Å². The molecule has 0 bridgehead atoms. The Morgan fingerprint density at radius 2 is 1.27 bits per heavy atom. The van der Waals surface area contributed by atoms with Gasteiger partial charge >= 0.3 is 103 Å². The predicted molar refractivity (Wildman–Crippen MR) is 75.5 cm³/mol. The minimum absolute atomic E-state index is 0. The third-order valence-corrected chi connectivity index (χ3v) is 3.53. The van der Waals surface area contributed by atoms with Crippen LogP contribution in [-0.2, 0) is 10.1 Å². The van der Waals surface area contributed by atoms with Crippen LogP contribution in [-0.4, -0.2) is 39.2 Å². The summed E-state index contributed by atoms with van der Waals surface area (Å²) in [5.74, 6) is -1.20. The second kappa shape index (κ2) is 12.7. The summed E-state index contributed by atoms with van der Waals surface area (Å²) in [6, 6.07) is 2.78. The summed E-state index contributed by atoms with van der Waals surface area (Å²) in [5.41, 5.74) is -1.80. The van der Waals surface area contributed by atoms with E-state index in [1.807, 2.05) is 0 Å². The van der Waals surface area contributed by atoms with E-state index >= 15 is 0 Å². The summed E-state index contributed by atoms with van der Waals surface area (Å²) >= 11 is 0. The monoisotopic (exact) mass is 444 g/mol. The Bertz CT molecular complexity index is 903. The van der Waals surface area contributed by atoms with Crippen molar-refractivity contribution in [2.45, 2.75) is 4.90 Å². The fourth-order valence-electron chi connectivity index (χ4n) is 1.79. The van der Waals surface area contributed by atoms with Gasteiger partial charge in [0, 0.05) is 0 Å². The topological polar surface area (TPSA) is 261 Å². The van der Waals surface area contributed by atoms with Gasteiger partial charge in [-0.3, -0.25) is 20.2 Å². The Labute approximate surface area is 230 Å². The van der Waals surface area contributed by atoms with Crippen LogP contribution in [0.5, 0.6) is 5.75 Å². The molecule has 0 amide bonds. The number of nitro benzene ring substituents is 2. The van der Waals surface area contributed by atoms with E-state index in [0.717, 1.165) is 12.1 Å². The van der Waals surface area contributed by atoms with Crippen molar-refractivity contribution in [2.75, 3.05) is 0 Å². The smallest absolute Gasteiger partial charge is 0.867 e. The Morgan fingerprint density at radius 1 is 0.808 bits per heavy atom. The van der Waals surface area contributed by atoms with Gasteiger partial charge in [-0.1, -0.05) is 0 Å². The maximum Gasteiger partial charge on any atom is 1.00 e. The van der Waals surface area contributed by atoms with Gasteiger partial charge in [0.1, 0.15) is 10.1 Å². The number of benzene rings is 2. The van der Waals surface area contributed by atoms with Gasteiger partial charge in [0.2, 0.25) is 0 Å².